The molecule has 1 aromatic carbocycles. The Hall–Kier alpha value is -1.73. The molecule has 0 aliphatic rings. The van der Waals surface area contributed by atoms with Crippen molar-refractivity contribution >= 4 is 32.7 Å². The molecule has 0 saturated carbocycles. The third kappa shape index (κ3) is 4.42. The Kier molecular flexibility index (Phi) is 5.77. The van der Waals surface area contributed by atoms with Gasteiger partial charge in [0.1, 0.15) is 6.54 Å². The zero-order valence-electron chi connectivity index (χ0n) is 14.2. The SMILES string of the molecule is CC(C)CC(C)(CN)NC(=O)Cn1cnc2ccc(Br)cc2c1=O. The van der Waals surface area contributed by atoms with Crippen LogP contribution in [0.25, 0.3) is 10.9 Å². The van der Waals surface area contributed by atoms with Gasteiger partial charge in [-0.05, 0) is 37.5 Å². The highest BCUT2D eigenvalue weighted by Crippen LogP contribution is 2.16. The molecule has 0 aliphatic heterocycles. The zero-order chi connectivity index (χ0) is 17.9. The average Bonchev–Trinajstić information content (AvgIpc) is 2.49. The molecule has 0 spiro atoms. The molecule has 0 radical (unpaired) electrons. The average molecular weight is 395 g/mol. The second-order valence-electron chi connectivity index (χ2n) is 6.75. The second-order valence-corrected chi connectivity index (χ2v) is 7.67. The third-order valence-electron chi connectivity index (χ3n) is 3.85. The van der Waals surface area contributed by atoms with E-state index < -0.39 is 5.54 Å². The Balaban J connectivity index is 2.21. The number of nitrogens with zero attached hydrogens (tertiary/aromatic N) is 2. The first kappa shape index (κ1) is 18.6. The van der Waals surface area contributed by atoms with Crippen molar-refractivity contribution in [2.75, 3.05) is 6.54 Å². The van der Waals surface area contributed by atoms with E-state index in [1.165, 1.54) is 10.9 Å². The van der Waals surface area contributed by atoms with Crippen LogP contribution in [-0.2, 0) is 11.3 Å². The molecule has 130 valence electrons. The number of carbonyl (C=O) groups excluding carboxylic acids is 1. The van der Waals surface area contributed by atoms with Crippen molar-refractivity contribution < 1.29 is 4.79 Å². The molecular weight excluding hydrogens is 372 g/mol. The summed E-state index contributed by atoms with van der Waals surface area (Å²) >= 11 is 3.34. The van der Waals surface area contributed by atoms with Crippen molar-refractivity contribution in [2.24, 2.45) is 11.7 Å². The van der Waals surface area contributed by atoms with Crippen LogP contribution in [0.15, 0.2) is 33.8 Å². The number of rotatable bonds is 6. The highest BCUT2D eigenvalue weighted by molar-refractivity contribution is 9.10. The van der Waals surface area contributed by atoms with Gasteiger partial charge >= 0.3 is 0 Å². The molecule has 2 aromatic rings. The van der Waals surface area contributed by atoms with Gasteiger partial charge in [-0.3, -0.25) is 14.2 Å². The second kappa shape index (κ2) is 7.44. The normalized spacial score (nSPS) is 13.9. The molecule has 1 heterocycles. The molecule has 1 atom stereocenters. The number of nitrogens with two attached hydrogens (primary N) is 1. The van der Waals surface area contributed by atoms with Crippen LogP contribution in [0.3, 0.4) is 0 Å². The minimum atomic E-state index is -0.484. The number of aromatic nitrogens is 2. The zero-order valence-corrected chi connectivity index (χ0v) is 15.8. The summed E-state index contributed by atoms with van der Waals surface area (Å²) in [6.07, 6.45) is 2.17. The number of nitrogens with one attached hydrogen (secondary N) is 1. The first-order valence-corrected chi connectivity index (χ1v) is 8.69. The Bertz CT molecular complexity index is 803. The van der Waals surface area contributed by atoms with Gasteiger partial charge in [-0.25, -0.2) is 4.98 Å². The molecular formula is C17H23BrN4O2. The van der Waals surface area contributed by atoms with Gasteiger partial charge in [-0.2, -0.15) is 0 Å². The van der Waals surface area contributed by atoms with Gasteiger partial charge in [0.25, 0.3) is 5.56 Å². The number of carbonyl (C=O) groups is 1. The van der Waals surface area contributed by atoms with Crippen molar-refractivity contribution in [2.45, 2.75) is 39.3 Å². The van der Waals surface area contributed by atoms with E-state index >= 15 is 0 Å². The lowest BCUT2D eigenvalue weighted by molar-refractivity contribution is -0.123. The number of benzene rings is 1. The number of hydrogen-bond acceptors (Lipinski definition) is 4. The molecule has 2 rings (SSSR count). The van der Waals surface area contributed by atoms with Crippen LogP contribution in [0.1, 0.15) is 27.2 Å². The summed E-state index contributed by atoms with van der Waals surface area (Å²) in [4.78, 5) is 29.1. The Labute approximate surface area is 149 Å². The molecule has 1 aromatic heterocycles. The fraction of sp³-hybridized carbons (Fsp3) is 0.471. The molecule has 3 N–H and O–H groups in total. The predicted molar refractivity (Wildman–Crippen MR) is 98.8 cm³/mol. The molecule has 7 heteroatoms. The maximum absolute atomic E-state index is 12.5. The van der Waals surface area contributed by atoms with Gasteiger partial charge in [-0.1, -0.05) is 29.8 Å². The van der Waals surface area contributed by atoms with E-state index in [4.69, 9.17) is 5.73 Å². The largest absolute Gasteiger partial charge is 0.348 e. The van der Waals surface area contributed by atoms with E-state index in [0.717, 1.165) is 10.9 Å². The first-order valence-electron chi connectivity index (χ1n) is 7.90. The molecule has 6 nitrogen and oxygen atoms in total. The molecule has 1 amide bonds. The summed E-state index contributed by atoms with van der Waals surface area (Å²) in [6.45, 7) is 6.34. The number of fused-ring (bicyclic) bond motifs is 1. The van der Waals surface area contributed by atoms with Crippen molar-refractivity contribution in [1.82, 2.24) is 14.9 Å². The van der Waals surface area contributed by atoms with Gasteiger partial charge in [0.15, 0.2) is 0 Å². The van der Waals surface area contributed by atoms with Gasteiger partial charge in [0.05, 0.1) is 17.2 Å². The molecule has 0 aliphatic carbocycles. The molecule has 0 saturated heterocycles. The quantitative estimate of drug-likeness (QED) is 0.783. The third-order valence-corrected chi connectivity index (χ3v) is 4.34. The van der Waals surface area contributed by atoms with E-state index in [9.17, 15) is 9.59 Å². The van der Waals surface area contributed by atoms with Crippen molar-refractivity contribution in [1.29, 1.82) is 0 Å². The number of hydrogen-bond donors (Lipinski definition) is 2. The summed E-state index contributed by atoms with van der Waals surface area (Å²) in [5.41, 5.74) is 5.70. The Morgan fingerprint density at radius 1 is 1.46 bits per heavy atom. The maximum Gasteiger partial charge on any atom is 0.261 e. The molecule has 0 fully saturated rings. The van der Waals surface area contributed by atoms with Crippen LogP contribution in [0.5, 0.6) is 0 Å². The first-order chi connectivity index (χ1) is 11.2. The van der Waals surface area contributed by atoms with E-state index in [1.54, 1.807) is 12.1 Å². The summed E-state index contributed by atoms with van der Waals surface area (Å²) in [5, 5.41) is 3.42. The fourth-order valence-corrected chi connectivity index (χ4v) is 3.22. The Morgan fingerprint density at radius 2 is 2.17 bits per heavy atom. The van der Waals surface area contributed by atoms with E-state index in [0.29, 0.717) is 23.4 Å². The number of halogens is 1. The summed E-state index contributed by atoms with van der Waals surface area (Å²) in [6, 6.07) is 5.30. The van der Waals surface area contributed by atoms with Crippen LogP contribution < -0.4 is 16.6 Å². The summed E-state index contributed by atoms with van der Waals surface area (Å²) in [5.74, 6) is 0.156. The minimum absolute atomic E-state index is 0.0814. The van der Waals surface area contributed by atoms with Crippen LogP contribution in [0, 0.1) is 5.92 Å². The van der Waals surface area contributed by atoms with Crippen LogP contribution in [-0.4, -0.2) is 27.5 Å². The van der Waals surface area contributed by atoms with Crippen molar-refractivity contribution in [3.05, 3.63) is 39.4 Å². The van der Waals surface area contributed by atoms with Gasteiger partial charge in [0.2, 0.25) is 5.91 Å². The van der Waals surface area contributed by atoms with Crippen molar-refractivity contribution in [3.63, 3.8) is 0 Å². The predicted octanol–water partition coefficient (Wildman–Crippen LogP) is 2.04. The lowest BCUT2D eigenvalue weighted by Crippen LogP contribution is -2.53. The number of amides is 1. The van der Waals surface area contributed by atoms with Crippen LogP contribution in [0.4, 0.5) is 0 Å². The van der Waals surface area contributed by atoms with E-state index in [2.05, 4.69) is 40.1 Å². The Morgan fingerprint density at radius 3 is 2.79 bits per heavy atom. The smallest absolute Gasteiger partial charge is 0.261 e. The lowest BCUT2D eigenvalue weighted by atomic mass is 9.91. The highest BCUT2D eigenvalue weighted by atomic mass is 79.9. The summed E-state index contributed by atoms with van der Waals surface area (Å²) in [7, 11) is 0. The fourth-order valence-electron chi connectivity index (χ4n) is 2.86. The minimum Gasteiger partial charge on any atom is -0.348 e. The topological polar surface area (TPSA) is 90.0 Å². The van der Waals surface area contributed by atoms with E-state index in [1.807, 2.05) is 13.0 Å². The standard InChI is InChI=1S/C17H23BrN4O2/c1-11(2)7-17(3,9-19)21-15(23)8-22-10-20-14-5-4-12(18)6-13(14)16(22)24/h4-6,10-11H,7-9,19H2,1-3H3,(H,21,23). The van der Waals surface area contributed by atoms with E-state index in [-0.39, 0.29) is 18.0 Å². The van der Waals surface area contributed by atoms with Crippen LogP contribution >= 0.6 is 15.9 Å². The highest BCUT2D eigenvalue weighted by Gasteiger charge is 2.26. The molecule has 0 bridgehead atoms. The van der Waals surface area contributed by atoms with Gasteiger partial charge < -0.3 is 11.1 Å². The van der Waals surface area contributed by atoms with Crippen LogP contribution in [0.2, 0.25) is 0 Å². The molecule has 24 heavy (non-hydrogen) atoms. The van der Waals surface area contributed by atoms with Crippen molar-refractivity contribution in [3.8, 4) is 0 Å². The maximum atomic E-state index is 12.5. The van der Waals surface area contributed by atoms with Gasteiger partial charge in [-0.15, -0.1) is 0 Å². The molecule has 1 unspecified atom stereocenters. The monoisotopic (exact) mass is 394 g/mol. The lowest BCUT2D eigenvalue weighted by Gasteiger charge is -2.31. The van der Waals surface area contributed by atoms with Gasteiger partial charge in [0, 0.05) is 16.6 Å². The summed E-state index contributed by atoms with van der Waals surface area (Å²) < 4.78 is 2.11.